The van der Waals surface area contributed by atoms with E-state index in [-0.39, 0.29) is 5.97 Å². The largest absolute Gasteiger partial charge is 0.462 e. The summed E-state index contributed by atoms with van der Waals surface area (Å²) in [6.45, 7) is 7.19. The predicted octanol–water partition coefficient (Wildman–Crippen LogP) is 1.73. The Kier molecular flexibility index (Phi) is 7.42. The van der Waals surface area contributed by atoms with Crippen molar-refractivity contribution < 1.29 is 9.53 Å². The summed E-state index contributed by atoms with van der Waals surface area (Å²) in [4.78, 5) is 13.6. The van der Waals surface area contributed by atoms with Gasteiger partial charge in [0.15, 0.2) is 0 Å². The standard InChI is InChI=1S/C12H24N2O2/c1-6-8-13-11(14(4)5)10(3)12(15)16-9-7-2/h13H,6-9H2,1-5H3/b11-10-. The first-order valence-corrected chi connectivity index (χ1v) is 5.83. The molecule has 0 saturated carbocycles. The number of hydrogen-bond donors (Lipinski definition) is 1. The third-order valence-electron chi connectivity index (χ3n) is 2.09. The second-order valence-electron chi connectivity index (χ2n) is 3.93. The lowest BCUT2D eigenvalue weighted by Crippen LogP contribution is -2.29. The molecule has 0 aliphatic carbocycles. The predicted molar refractivity (Wildman–Crippen MR) is 65.9 cm³/mol. The molecular weight excluding hydrogens is 204 g/mol. The van der Waals surface area contributed by atoms with E-state index in [2.05, 4.69) is 12.2 Å². The molecule has 0 amide bonds. The molecule has 0 aliphatic rings. The Morgan fingerprint density at radius 3 is 2.31 bits per heavy atom. The second kappa shape index (κ2) is 8.02. The van der Waals surface area contributed by atoms with Crippen molar-refractivity contribution in [1.29, 1.82) is 0 Å². The minimum absolute atomic E-state index is 0.242. The van der Waals surface area contributed by atoms with E-state index in [1.165, 1.54) is 0 Å². The summed E-state index contributed by atoms with van der Waals surface area (Å²) in [5.74, 6) is 0.595. The topological polar surface area (TPSA) is 41.6 Å². The first-order valence-electron chi connectivity index (χ1n) is 5.83. The minimum Gasteiger partial charge on any atom is -0.462 e. The Morgan fingerprint density at radius 2 is 1.88 bits per heavy atom. The molecule has 0 rings (SSSR count). The molecule has 0 radical (unpaired) electrons. The van der Waals surface area contributed by atoms with Crippen LogP contribution < -0.4 is 5.32 Å². The second-order valence-corrected chi connectivity index (χ2v) is 3.93. The highest BCUT2D eigenvalue weighted by Gasteiger charge is 2.13. The zero-order chi connectivity index (χ0) is 12.6. The van der Waals surface area contributed by atoms with E-state index >= 15 is 0 Å². The molecule has 0 saturated heterocycles. The molecule has 94 valence electrons. The normalized spacial score (nSPS) is 11.8. The molecule has 0 aliphatic heterocycles. The third kappa shape index (κ3) is 5.05. The van der Waals surface area contributed by atoms with Gasteiger partial charge in [-0.1, -0.05) is 13.8 Å². The number of ether oxygens (including phenoxy) is 1. The van der Waals surface area contributed by atoms with Crippen molar-refractivity contribution in [3.8, 4) is 0 Å². The Labute approximate surface area is 98.6 Å². The van der Waals surface area contributed by atoms with E-state index in [0.717, 1.165) is 25.2 Å². The van der Waals surface area contributed by atoms with Crippen LogP contribution in [-0.2, 0) is 9.53 Å². The van der Waals surface area contributed by atoms with Gasteiger partial charge < -0.3 is 15.0 Å². The van der Waals surface area contributed by atoms with Gasteiger partial charge in [0.25, 0.3) is 0 Å². The zero-order valence-corrected chi connectivity index (χ0v) is 11.1. The van der Waals surface area contributed by atoms with Crippen LogP contribution in [0.5, 0.6) is 0 Å². The molecule has 1 N–H and O–H groups in total. The molecule has 0 atom stereocenters. The van der Waals surface area contributed by atoms with Crippen LogP contribution in [0.4, 0.5) is 0 Å². The van der Waals surface area contributed by atoms with Crippen LogP contribution >= 0.6 is 0 Å². The van der Waals surface area contributed by atoms with Gasteiger partial charge in [-0.2, -0.15) is 0 Å². The number of nitrogens with zero attached hydrogens (tertiary/aromatic N) is 1. The highest BCUT2D eigenvalue weighted by atomic mass is 16.5. The van der Waals surface area contributed by atoms with Crippen molar-refractivity contribution in [1.82, 2.24) is 10.2 Å². The molecule has 0 bridgehead atoms. The third-order valence-corrected chi connectivity index (χ3v) is 2.09. The average Bonchev–Trinajstić information content (AvgIpc) is 2.25. The molecule has 0 unspecified atom stereocenters. The summed E-state index contributed by atoms with van der Waals surface area (Å²) in [5, 5.41) is 3.23. The molecule has 0 aromatic carbocycles. The fourth-order valence-electron chi connectivity index (χ4n) is 1.27. The molecule has 4 nitrogen and oxygen atoms in total. The number of esters is 1. The lowest BCUT2D eigenvalue weighted by atomic mass is 10.3. The van der Waals surface area contributed by atoms with Gasteiger partial charge in [0, 0.05) is 20.6 Å². The number of carbonyl (C=O) groups is 1. The van der Waals surface area contributed by atoms with Crippen LogP contribution in [0.3, 0.4) is 0 Å². The number of nitrogens with one attached hydrogen (secondary N) is 1. The van der Waals surface area contributed by atoms with E-state index in [4.69, 9.17) is 4.74 Å². The minimum atomic E-state index is -0.242. The maximum Gasteiger partial charge on any atom is 0.337 e. The van der Waals surface area contributed by atoms with Crippen LogP contribution in [0.25, 0.3) is 0 Å². The summed E-state index contributed by atoms with van der Waals surface area (Å²) in [5.41, 5.74) is 0.631. The highest BCUT2D eigenvalue weighted by Crippen LogP contribution is 2.06. The van der Waals surface area contributed by atoms with E-state index in [0.29, 0.717) is 12.2 Å². The monoisotopic (exact) mass is 228 g/mol. The van der Waals surface area contributed by atoms with Crippen LogP contribution in [-0.4, -0.2) is 38.1 Å². The Balaban J connectivity index is 4.60. The molecule has 0 heterocycles. The molecule has 0 spiro atoms. The summed E-state index contributed by atoms with van der Waals surface area (Å²) in [7, 11) is 3.82. The van der Waals surface area contributed by atoms with Crippen molar-refractivity contribution in [2.75, 3.05) is 27.2 Å². The zero-order valence-electron chi connectivity index (χ0n) is 11.1. The van der Waals surface area contributed by atoms with E-state index in [1.54, 1.807) is 6.92 Å². The van der Waals surface area contributed by atoms with Crippen molar-refractivity contribution in [3.05, 3.63) is 11.4 Å². The fourth-order valence-corrected chi connectivity index (χ4v) is 1.27. The van der Waals surface area contributed by atoms with Gasteiger partial charge >= 0.3 is 5.97 Å². The van der Waals surface area contributed by atoms with Gasteiger partial charge in [-0.15, -0.1) is 0 Å². The van der Waals surface area contributed by atoms with Gasteiger partial charge in [0.1, 0.15) is 5.82 Å². The Bertz CT molecular complexity index is 247. The van der Waals surface area contributed by atoms with Crippen LogP contribution in [0.15, 0.2) is 11.4 Å². The summed E-state index contributed by atoms with van der Waals surface area (Å²) in [6, 6.07) is 0. The van der Waals surface area contributed by atoms with Gasteiger partial charge in [-0.3, -0.25) is 0 Å². The fraction of sp³-hybridized carbons (Fsp3) is 0.750. The van der Waals surface area contributed by atoms with Gasteiger partial charge in [-0.05, 0) is 19.8 Å². The molecule has 16 heavy (non-hydrogen) atoms. The van der Waals surface area contributed by atoms with Crippen molar-refractivity contribution in [2.45, 2.75) is 33.6 Å². The van der Waals surface area contributed by atoms with E-state index < -0.39 is 0 Å². The SMILES string of the molecule is CCCN/C(=C(\C)C(=O)OCCC)N(C)C. The molecule has 4 heteroatoms. The lowest BCUT2D eigenvalue weighted by molar-refractivity contribution is -0.139. The molecule has 0 aromatic heterocycles. The first kappa shape index (κ1) is 14.8. The number of hydrogen-bond acceptors (Lipinski definition) is 4. The average molecular weight is 228 g/mol. The van der Waals surface area contributed by atoms with Crippen molar-refractivity contribution in [3.63, 3.8) is 0 Å². The maximum absolute atomic E-state index is 11.7. The van der Waals surface area contributed by atoms with Crippen molar-refractivity contribution >= 4 is 5.97 Å². The molecular formula is C12H24N2O2. The number of carbonyl (C=O) groups excluding carboxylic acids is 1. The van der Waals surface area contributed by atoms with E-state index in [1.807, 2.05) is 25.9 Å². The molecule has 0 aromatic rings. The lowest BCUT2D eigenvalue weighted by Gasteiger charge is -2.21. The highest BCUT2D eigenvalue weighted by molar-refractivity contribution is 5.88. The Morgan fingerprint density at radius 1 is 1.25 bits per heavy atom. The first-order chi connectivity index (χ1) is 7.54. The Hall–Kier alpha value is -1.19. The quantitative estimate of drug-likeness (QED) is 0.532. The van der Waals surface area contributed by atoms with Crippen LogP contribution in [0, 0.1) is 0 Å². The smallest absolute Gasteiger partial charge is 0.337 e. The number of rotatable bonds is 7. The summed E-state index contributed by atoms with van der Waals surface area (Å²) < 4.78 is 5.10. The van der Waals surface area contributed by atoms with Gasteiger partial charge in [-0.25, -0.2) is 4.79 Å². The summed E-state index contributed by atoms with van der Waals surface area (Å²) >= 11 is 0. The summed E-state index contributed by atoms with van der Waals surface area (Å²) in [6.07, 6.45) is 1.87. The van der Waals surface area contributed by atoms with Crippen molar-refractivity contribution in [2.24, 2.45) is 0 Å². The van der Waals surface area contributed by atoms with E-state index in [9.17, 15) is 4.79 Å². The van der Waals surface area contributed by atoms with Crippen LogP contribution in [0.1, 0.15) is 33.6 Å². The van der Waals surface area contributed by atoms with Gasteiger partial charge in [0.2, 0.25) is 0 Å². The van der Waals surface area contributed by atoms with Crippen LogP contribution in [0.2, 0.25) is 0 Å². The maximum atomic E-state index is 11.7. The van der Waals surface area contributed by atoms with Gasteiger partial charge in [0.05, 0.1) is 12.2 Å². The molecule has 0 fully saturated rings.